The molecule has 29 heavy (non-hydrogen) atoms. The van der Waals surface area contributed by atoms with Gasteiger partial charge in [-0.1, -0.05) is 18.6 Å². The number of nitrogens with zero attached hydrogens (tertiary/aromatic N) is 2. The van der Waals surface area contributed by atoms with E-state index >= 15 is 0 Å². The summed E-state index contributed by atoms with van der Waals surface area (Å²) in [5, 5.41) is 12.3. The number of fused-ring (bicyclic) bond motifs is 3. The van der Waals surface area contributed by atoms with Crippen LogP contribution in [0.25, 0.3) is 27.9 Å². The lowest BCUT2D eigenvalue weighted by Crippen LogP contribution is -2.31. The maximum absolute atomic E-state index is 10.0. The molecule has 1 aliphatic rings. The Kier molecular flexibility index (Phi) is 5.72. The summed E-state index contributed by atoms with van der Waals surface area (Å²) in [5.41, 5.74) is 7.01. The number of benzene rings is 2. The Morgan fingerprint density at radius 3 is 2.66 bits per heavy atom. The van der Waals surface area contributed by atoms with Crippen LogP contribution in [0.3, 0.4) is 0 Å². The smallest absolute Gasteiger partial charge is 0.116 e. The second kappa shape index (κ2) is 8.42. The monoisotopic (exact) mass is 389 g/mol. The van der Waals surface area contributed by atoms with Crippen LogP contribution in [-0.4, -0.2) is 47.4 Å². The van der Waals surface area contributed by atoms with E-state index in [1.54, 1.807) is 6.07 Å². The molecule has 1 aliphatic heterocycles. The maximum atomic E-state index is 10.0. The van der Waals surface area contributed by atoms with Crippen LogP contribution in [-0.2, 0) is 0 Å². The van der Waals surface area contributed by atoms with Gasteiger partial charge >= 0.3 is 0 Å². The van der Waals surface area contributed by atoms with E-state index in [0.29, 0.717) is 5.75 Å². The second-order valence-electron chi connectivity index (χ2n) is 8.12. The molecule has 0 spiro atoms. The summed E-state index contributed by atoms with van der Waals surface area (Å²) in [7, 11) is 0. The van der Waals surface area contributed by atoms with Crippen molar-refractivity contribution in [3.05, 3.63) is 46.5 Å². The first-order chi connectivity index (χ1) is 14.1. The van der Waals surface area contributed by atoms with E-state index in [0.717, 1.165) is 29.5 Å². The molecule has 152 valence electrons. The normalized spacial score (nSPS) is 16.1. The number of likely N-dealkylation sites (tertiary alicyclic amines) is 1. The zero-order chi connectivity index (χ0) is 20.4. The topological polar surface area (TPSA) is 51.6 Å². The Morgan fingerprint density at radius 2 is 1.90 bits per heavy atom. The van der Waals surface area contributed by atoms with Crippen LogP contribution in [0, 0.1) is 13.8 Å². The maximum Gasteiger partial charge on any atom is 0.116 e. The number of piperidine rings is 1. The van der Waals surface area contributed by atoms with Crippen molar-refractivity contribution in [3.8, 4) is 5.75 Å². The first-order valence-electron chi connectivity index (χ1n) is 10.7. The molecule has 0 amide bonds. The van der Waals surface area contributed by atoms with Crippen LogP contribution >= 0.6 is 0 Å². The van der Waals surface area contributed by atoms with Gasteiger partial charge in [-0.15, -0.1) is 0 Å². The fourth-order valence-electron chi connectivity index (χ4n) is 4.61. The highest BCUT2D eigenvalue weighted by molar-refractivity contribution is 6.13. The van der Waals surface area contributed by atoms with Crippen molar-refractivity contribution in [1.82, 2.24) is 9.88 Å². The number of phenolic OH excluding ortho intramolecular Hbond substituents is 1. The van der Waals surface area contributed by atoms with Crippen LogP contribution < -0.4 is 0 Å². The lowest BCUT2D eigenvalue weighted by Gasteiger charge is -2.25. The highest BCUT2D eigenvalue weighted by Crippen LogP contribution is 2.36. The van der Waals surface area contributed by atoms with Gasteiger partial charge in [0, 0.05) is 34.6 Å². The zero-order valence-electron chi connectivity index (χ0n) is 17.8. The van der Waals surface area contributed by atoms with Crippen molar-refractivity contribution in [2.45, 2.75) is 40.0 Å². The molecule has 4 rings (SSSR count). The lowest BCUT2D eigenvalue weighted by molar-refractivity contribution is 0.235. The molecule has 2 aromatic carbocycles. The van der Waals surface area contributed by atoms with Crippen molar-refractivity contribution in [1.29, 1.82) is 0 Å². The number of aromatic nitrogens is 1. The number of nitrogens with one attached hydrogen (secondary N) is 1. The van der Waals surface area contributed by atoms with Crippen molar-refractivity contribution in [3.63, 3.8) is 0 Å². The second-order valence-corrected chi connectivity index (χ2v) is 8.12. The summed E-state index contributed by atoms with van der Waals surface area (Å²) in [6, 6.07) is 5.54. The first-order valence-corrected chi connectivity index (χ1v) is 10.7. The van der Waals surface area contributed by atoms with Gasteiger partial charge in [0.05, 0.1) is 12.1 Å². The Labute approximate surface area is 173 Å². The summed E-state index contributed by atoms with van der Waals surface area (Å²) < 4.78 is 0. The molecule has 0 aliphatic carbocycles. The minimum absolute atomic E-state index is 0.296. The van der Waals surface area contributed by atoms with E-state index < -0.39 is 0 Å². The Hall–Kier alpha value is -2.59. The van der Waals surface area contributed by atoms with E-state index in [4.69, 9.17) is 4.99 Å². The molecule has 2 N–H and O–H groups in total. The van der Waals surface area contributed by atoms with Crippen LogP contribution in [0.2, 0.25) is 0 Å². The number of rotatable bonds is 5. The van der Waals surface area contributed by atoms with Gasteiger partial charge in [0.2, 0.25) is 0 Å². The number of phenols is 1. The molecule has 1 aromatic heterocycles. The number of aromatic amines is 1. The van der Waals surface area contributed by atoms with E-state index in [1.807, 2.05) is 12.1 Å². The minimum atomic E-state index is 0.296. The molecule has 3 aromatic rings. The Morgan fingerprint density at radius 1 is 1.10 bits per heavy atom. The van der Waals surface area contributed by atoms with E-state index in [9.17, 15) is 5.11 Å². The third kappa shape index (κ3) is 3.82. The van der Waals surface area contributed by atoms with E-state index in [1.165, 1.54) is 60.0 Å². The molecular weight excluding hydrogens is 358 g/mol. The minimum Gasteiger partial charge on any atom is -0.508 e. The molecule has 1 fully saturated rings. The molecule has 2 heterocycles. The van der Waals surface area contributed by atoms with Crippen molar-refractivity contribution < 1.29 is 5.11 Å². The highest BCUT2D eigenvalue weighted by atomic mass is 16.3. The molecule has 0 atom stereocenters. The number of allylic oxidation sites excluding steroid dienone is 1. The number of H-pyrrole nitrogens is 1. The van der Waals surface area contributed by atoms with Gasteiger partial charge in [0.1, 0.15) is 5.75 Å². The van der Waals surface area contributed by atoms with Gasteiger partial charge in [-0.25, -0.2) is 0 Å². The average molecular weight is 390 g/mol. The summed E-state index contributed by atoms with van der Waals surface area (Å²) >= 11 is 0. The van der Waals surface area contributed by atoms with Gasteiger partial charge in [0.15, 0.2) is 0 Å². The SMILES string of the molecule is C/C=C\c1c(/C=N/CCN2CCCCC2)c(C)c2c([nH]c3ccc(O)cc32)c1C. The largest absolute Gasteiger partial charge is 0.508 e. The predicted molar refractivity (Wildman–Crippen MR) is 124 cm³/mol. The molecule has 0 unspecified atom stereocenters. The number of aliphatic imine (C=N–C) groups is 1. The molecule has 0 radical (unpaired) electrons. The predicted octanol–water partition coefficient (Wildman–Crippen LogP) is 5.58. The van der Waals surface area contributed by atoms with Gasteiger partial charge in [-0.2, -0.15) is 0 Å². The fraction of sp³-hybridized carbons (Fsp3) is 0.400. The number of hydrogen-bond donors (Lipinski definition) is 2. The number of aromatic hydroxyl groups is 1. The molecule has 0 saturated carbocycles. The molecular formula is C25H31N3O. The van der Waals surface area contributed by atoms with Crippen LogP contribution in [0.4, 0.5) is 0 Å². The highest BCUT2D eigenvalue weighted by Gasteiger charge is 2.17. The summed E-state index contributed by atoms with van der Waals surface area (Å²) in [5.74, 6) is 0.296. The molecule has 0 bridgehead atoms. The van der Waals surface area contributed by atoms with Crippen LogP contribution in [0.5, 0.6) is 5.75 Å². The van der Waals surface area contributed by atoms with Crippen LogP contribution in [0.15, 0.2) is 29.3 Å². The third-order valence-corrected chi connectivity index (χ3v) is 6.18. The number of aryl methyl sites for hydroxylation is 2. The van der Waals surface area contributed by atoms with Crippen molar-refractivity contribution >= 4 is 34.1 Å². The molecule has 1 saturated heterocycles. The molecule has 4 nitrogen and oxygen atoms in total. The average Bonchev–Trinajstić information content (AvgIpc) is 3.11. The van der Waals surface area contributed by atoms with E-state index in [-0.39, 0.29) is 0 Å². The van der Waals surface area contributed by atoms with Crippen molar-refractivity contribution in [2.75, 3.05) is 26.2 Å². The summed E-state index contributed by atoms with van der Waals surface area (Å²) in [6.45, 7) is 10.7. The molecule has 4 heteroatoms. The summed E-state index contributed by atoms with van der Waals surface area (Å²) in [4.78, 5) is 10.9. The van der Waals surface area contributed by atoms with Gasteiger partial charge < -0.3 is 15.0 Å². The Bertz CT molecular complexity index is 1080. The Balaban J connectivity index is 1.75. The fourth-order valence-corrected chi connectivity index (χ4v) is 4.61. The van der Waals surface area contributed by atoms with Gasteiger partial charge in [-0.3, -0.25) is 4.99 Å². The van der Waals surface area contributed by atoms with Crippen LogP contribution in [0.1, 0.15) is 48.4 Å². The zero-order valence-corrected chi connectivity index (χ0v) is 17.8. The quantitative estimate of drug-likeness (QED) is 0.560. The standard InChI is InChI=1S/C25H31N3O/c1-4-8-20-18(3)25-24(21-15-19(29)9-10-23(21)27-25)17(2)22(20)16-26-11-14-28-12-6-5-7-13-28/h4,8-10,15-16,27,29H,5-7,11-14H2,1-3H3/b8-4-,26-16+. The van der Waals surface area contributed by atoms with Crippen molar-refractivity contribution in [2.24, 2.45) is 4.99 Å². The number of hydrogen-bond acceptors (Lipinski definition) is 3. The van der Waals surface area contributed by atoms with Gasteiger partial charge in [-0.05, 0) is 81.6 Å². The lowest BCUT2D eigenvalue weighted by atomic mass is 9.92. The summed E-state index contributed by atoms with van der Waals surface area (Å²) in [6.07, 6.45) is 10.3. The van der Waals surface area contributed by atoms with E-state index in [2.05, 4.69) is 49.0 Å². The van der Waals surface area contributed by atoms with Gasteiger partial charge in [0.25, 0.3) is 0 Å². The first kappa shape index (κ1) is 19.7. The third-order valence-electron chi connectivity index (χ3n) is 6.18.